The molecular weight excluding hydrogens is 409 g/mol. The predicted octanol–water partition coefficient (Wildman–Crippen LogP) is 2.93. The maximum Gasteiger partial charge on any atom is 0.253 e. The van der Waals surface area contributed by atoms with Crippen molar-refractivity contribution in [3.05, 3.63) is 71.3 Å². The summed E-state index contributed by atoms with van der Waals surface area (Å²) >= 11 is 0. The third kappa shape index (κ3) is 3.66. The van der Waals surface area contributed by atoms with E-state index in [2.05, 4.69) is 31.2 Å². The van der Waals surface area contributed by atoms with E-state index in [9.17, 15) is 9.18 Å². The molecule has 0 saturated carbocycles. The molecule has 0 unspecified atom stereocenters. The lowest BCUT2D eigenvalue weighted by Gasteiger charge is -2.35. The van der Waals surface area contributed by atoms with Gasteiger partial charge in [-0.25, -0.2) is 14.4 Å². The highest BCUT2D eigenvalue weighted by atomic mass is 19.1. The topological polar surface area (TPSA) is 80.0 Å². The van der Waals surface area contributed by atoms with Crippen LogP contribution in [0.5, 0.6) is 0 Å². The van der Waals surface area contributed by atoms with Gasteiger partial charge in [-0.2, -0.15) is 4.68 Å². The van der Waals surface area contributed by atoms with Gasteiger partial charge in [-0.1, -0.05) is 22.4 Å². The molecule has 0 aliphatic carbocycles. The van der Waals surface area contributed by atoms with E-state index in [0.29, 0.717) is 48.8 Å². The van der Waals surface area contributed by atoms with Crippen LogP contribution in [0.15, 0.2) is 48.8 Å². The van der Waals surface area contributed by atoms with Crippen molar-refractivity contribution in [1.29, 1.82) is 0 Å². The van der Waals surface area contributed by atoms with E-state index in [0.717, 1.165) is 16.7 Å². The molecule has 1 fully saturated rings. The average molecular weight is 431 g/mol. The first-order valence-electron chi connectivity index (χ1n) is 10.4. The van der Waals surface area contributed by atoms with Crippen LogP contribution >= 0.6 is 0 Å². The Hall–Kier alpha value is -3.88. The van der Waals surface area contributed by atoms with Crippen LogP contribution in [0.3, 0.4) is 0 Å². The monoisotopic (exact) mass is 431 g/mol. The number of carbonyl (C=O) groups is 1. The first-order chi connectivity index (χ1) is 15.5. The fourth-order valence-corrected chi connectivity index (χ4v) is 4.13. The van der Waals surface area contributed by atoms with Crippen LogP contribution < -0.4 is 4.90 Å². The summed E-state index contributed by atoms with van der Waals surface area (Å²) in [6.45, 7) is 6.44. The van der Waals surface area contributed by atoms with Crippen molar-refractivity contribution in [2.45, 2.75) is 13.8 Å². The number of hydrogen-bond donors (Lipinski definition) is 0. The number of halogens is 1. The number of carbonyl (C=O) groups excluding carboxylic acids is 1. The van der Waals surface area contributed by atoms with Crippen LogP contribution in [-0.4, -0.2) is 61.9 Å². The molecule has 0 bridgehead atoms. The minimum atomic E-state index is -0.318. The van der Waals surface area contributed by atoms with Gasteiger partial charge in [0.05, 0.1) is 5.69 Å². The van der Waals surface area contributed by atoms with Gasteiger partial charge in [0.25, 0.3) is 5.91 Å². The molecule has 1 aliphatic rings. The molecule has 5 rings (SSSR count). The number of rotatable bonds is 3. The highest BCUT2D eigenvalue weighted by molar-refractivity contribution is 5.95. The Morgan fingerprint density at radius 1 is 0.938 bits per heavy atom. The number of aryl methyl sites for hydroxylation is 2. The lowest BCUT2D eigenvalue weighted by atomic mass is 10.1. The van der Waals surface area contributed by atoms with Gasteiger partial charge < -0.3 is 9.80 Å². The largest absolute Gasteiger partial charge is 0.351 e. The molecule has 1 saturated heterocycles. The van der Waals surface area contributed by atoms with E-state index in [-0.39, 0.29) is 11.7 Å². The zero-order valence-electron chi connectivity index (χ0n) is 17.9. The third-order valence-electron chi connectivity index (χ3n) is 5.62. The number of aromatic nitrogens is 5. The summed E-state index contributed by atoms with van der Waals surface area (Å²) in [6.07, 6.45) is 1.48. The molecule has 1 amide bonds. The Bertz CT molecular complexity index is 1270. The van der Waals surface area contributed by atoms with Crippen molar-refractivity contribution in [3.63, 3.8) is 0 Å². The normalized spacial score (nSPS) is 14.2. The van der Waals surface area contributed by atoms with Gasteiger partial charge in [0.2, 0.25) is 0 Å². The summed E-state index contributed by atoms with van der Waals surface area (Å²) < 4.78 is 14.8. The lowest BCUT2D eigenvalue weighted by molar-refractivity contribution is 0.0746. The van der Waals surface area contributed by atoms with Gasteiger partial charge in [-0.15, -0.1) is 5.10 Å². The minimum absolute atomic E-state index is 0.0477. The highest BCUT2D eigenvalue weighted by Crippen LogP contribution is 2.24. The van der Waals surface area contributed by atoms with Crippen molar-refractivity contribution in [3.8, 4) is 5.69 Å². The van der Waals surface area contributed by atoms with E-state index in [1.54, 1.807) is 16.8 Å². The number of fused-ring (bicyclic) bond motifs is 1. The number of anilines is 1. The minimum Gasteiger partial charge on any atom is -0.351 e. The van der Waals surface area contributed by atoms with Crippen molar-refractivity contribution >= 4 is 22.9 Å². The van der Waals surface area contributed by atoms with E-state index < -0.39 is 0 Å². The number of hydrogen-bond acceptors (Lipinski definition) is 6. The van der Waals surface area contributed by atoms with Crippen molar-refractivity contribution < 1.29 is 9.18 Å². The zero-order valence-corrected chi connectivity index (χ0v) is 17.9. The zero-order chi connectivity index (χ0) is 22.2. The van der Waals surface area contributed by atoms with Crippen molar-refractivity contribution in [2.75, 3.05) is 31.1 Å². The van der Waals surface area contributed by atoms with Gasteiger partial charge in [-0.05, 0) is 50.2 Å². The Balaban J connectivity index is 1.36. The van der Waals surface area contributed by atoms with Gasteiger partial charge >= 0.3 is 0 Å². The summed E-state index contributed by atoms with van der Waals surface area (Å²) in [7, 11) is 0. The second-order valence-corrected chi connectivity index (χ2v) is 8.00. The lowest BCUT2D eigenvalue weighted by Crippen LogP contribution is -2.49. The Morgan fingerprint density at radius 2 is 1.62 bits per heavy atom. The van der Waals surface area contributed by atoms with Crippen LogP contribution in [0.25, 0.3) is 16.9 Å². The van der Waals surface area contributed by atoms with Crippen LogP contribution in [0.1, 0.15) is 21.5 Å². The quantitative estimate of drug-likeness (QED) is 0.496. The molecule has 0 radical (unpaired) electrons. The molecule has 0 spiro atoms. The summed E-state index contributed by atoms with van der Waals surface area (Å²) in [5.74, 6) is 0.412. The molecule has 4 aromatic rings. The van der Waals surface area contributed by atoms with Gasteiger partial charge in [0.15, 0.2) is 17.0 Å². The second kappa shape index (κ2) is 7.99. The second-order valence-electron chi connectivity index (χ2n) is 8.00. The van der Waals surface area contributed by atoms with E-state index in [1.807, 2.05) is 30.9 Å². The average Bonchev–Trinajstić information content (AvgIpc) is 3.23. The first kappa shape index (κ1) is 20.0. The van der Waals surface area contributed by atoms with E-state index in [1.165, 1.54) is 18.5 Å². The Kier molecular flexibility index (Phi) is 5.01. The molecule has 8 nitrogen and oxygen atoms in total. The number of benzene rings is 2. The van der Waals surface area contributed by atoms with Crippen molar-refractivity contribution in [2.24, 2.45) is 0 Å². The van der Waals surface area contributed by atoms with Crippen LogP contribution in [0, 0.1) is 19.7 Å². The third-order valence-corrected chi connectivity index (χ3v) is 5.62. The predicted molar refractivity (Wildman–Crippen MR) is 118 cm³/mol. The van der Waals surface area contributed by atoms with E-state index >= 15 is 0 Å². The molecule has 2 aromatic carbocycles. The van der Waals surface area contributed by atoms with Crippen LogP contribution in [0.4, 0.5) is 10.2 Å². The van der Waals surface area contributed by atoms with Crippen molar-refractivity contribution in [1.82, 2.24) is 29.9 Å². The van der Waals surface area contributed by atoms with Gasteiger partial charge in [-0.3, -0.25) is 4.79 Å². The van der Waals surface area contributed by atoms with E-state index in [4.69, 9.17) is 0 Å². The number of amides is 1. The molecule has 0 N–H and O–H groups in total. The standard InChI is InChI=1S/C23H22FN7O/c1-15-11-16(2)13-17(12-15)23(32)30-9-7-29(8-10-30)21-20-22(26-14-25-21)31(28-27-20)19-5-3-18(24)4-6-19/h3-6,11-14H,7-10H2,1-2H3. The SMILES string of the molecule is Cc1cc(C)cc(C(=O)N2CCN(c3ncnc4c3nnn4-c3ccc(F)cc3)CC2)c1. The smallest absolute Gasteiger partial charge is 0.253 e. The summed E-state index contributed by atoms with van der Waals surface area (Å²) in [6, 6.07) is 11.9. The molecular formula is C23H22FN7O. The summed E-state index contributed by atoms with van der Waals surface area (Å²) in [4.78, 5) is 25.7. The number of piperazine rings is 1. The molecule has 9 heteroatoms. The van der Waals surface area contributed by atoms with Gasteiger partial charge in [0.1, 0.15) is 12.1 Å². The fourth-order valence-electron chi connectivity index (χ4n) is 4.13. The van der Waals surface area contributed by atoms with Crippen LogP contribution in [0.2, 0.25) is 0 Å². The maximum absolute atomic E-state index is 13.3. The molecule has 162 valence electrons. The first-order valence-corrected chi connectivity index (χ1v) is 10.4. The fraction of sp³-hybridized carbons (Fsp3) is 0.261. The van der Waals surface area contributed by atoms with Crippen LogP contribution in [-0.2, 0) is 0 Å². The molecule has 1 aliphatic heterocycles. The Morgan fingerprint density at radius 3 is 2.31 bits per heavy atom. The van der Waals surface area contributed by atoms with Gasteiger partial charge in [0, 0.05) is 31.7 Å². The molecule has 2 aromatic heterocycles. The highest BCUT2D eigenvalue weighted by Gasteiger charge is 2.25. The molecule has 32 heavy (non-hydrogen) atoms. The number of nitrogens with zero attached hydrogens (tertiary/aromatic N) is 7. The Labute approximate surface area is 184 Å². The molecule has 0 atom stereocenters. The maximum atomic E-state index is 13.3. The summed E-state index contributed by atoms with van der Waals surface area (Å²) in [5, 5.41) is 8.49. The summed E-state index contributed by atoms with van der Waals surface area (Å²) in [5.41, 5.74) is 4.69. The molecule has 3 heterocycles.